The monoisotopic (exact) mass is 274 g/mol. The van der Waals surface area contributed by atoms with Gasteiger partial charge in [-0.3, -0.25) is 9.88 Å². The second-order valence-corrected chi connectivity index (χ2v) is 4.99. The van der Waals surface area contributed by atoms with E-state index in [0.717, 1.165) is 36.5 Å². The van der Waals surface area contributed by atoms with E-state index in [1.54, 1.807) is 12.5 Å². The number of aliphatic hydroxyl groups is 1. The molecule has 0 saturated carbocycles. The van der Waals surface area contributed by atoms with Crippen molar-refractivity contribution in [1.29, 1.82) is 0 Å². The predicted octanol–water partition coefficient (Wildman–Crippen LogP) is 1.89. The van der Waals surface area contributed by atoms with E-state index in [-0.39, 0.29) is 12.6 Å². The fourth-order valence-corrected chi connectivity index (χ4v) is 2.28. The molecule has 1 unspecified atom stereocenters. The molecular weight excluding hydrogens is 252 g/mol. The summed E-state index contributed by atoms with van der Waals surface area (Å²) in [5.41, 5.74) is 3.25. The van der Waals surface area contributed by atoms with E-state index in [4.69, 9.17) is 0 Å². The van der Waals surface area contributed by atoms with Crippen molar-refractivity contribution in [3.8, 4) is 0 Å². The standard InChI is InChI=1S/C15H22N4O/c1-3-14(10-20)19(8-13-5-4-6-16-7-13)9-15-12(2)17-11-18-15/h4-7,11,14,20H,3,8-10H2,1-2H3,(H,17,18). The highest BCUT2D eigenvalue weighted by Crippen LogP contribution is 2.15. The topological polar surface area (TPSA) is 65.0 Å². The predicted molar refractivity (Wildman–Crippen MR) is 78.0 cm³/mol. The average Bonchev–Trinajstić information content (AvgIpc) is 2.87. The maximum absolute atomic E-state index is 9.59. The minimum absolute atomic E-state index is 0.131. The third kappa shape index (κ3) is 3.65. The van der Waals surface area contributed by atoms with Crippen molar-refractivity contribution in [3.63, 3.8) is 0 Å². The van der Waals surface area contributed by atoms with Crippen LogP contribution >= 0.6 is 0 Å². The smallest absolute Gasteiger partial charge is 0.0925 e. The molecule has 2 N–H and O–H groups in total. The largest absolute Gasteiger partial charge is 0.395 e. The maximum Gasteiger partial charge on any atom is 0.0925 e. The van der Waals surface area contributed by atoms with Gasteiger partial charge in [0.2, 0.25) is 0 Å². The van der Waals surface area contributed by atoms with Crippen LogP contribution in [0.5, 0.6) is 0 Å². The summed E-state index contributed by atoms with van der Waals surface area (Å²) in [7, 11) is 0. The van der Waals surface area contributed by atoms with Gasteiger partial charge in [0.15, 0.2) is 0 Å². The Labute approximate surface area is 119 Å². The van der Waals surface area contributed by atoms with Crippen LogP contribution in [-0.4, -0.2) is 37.6 Å². The van der Waals surface area contributed by atoms with E-state index < -0.39 is 0 Å². The molecule has 0 amide bonds. The van der Waals surface area contributed by atoms with Gasteiger partial charge in [-0.1, -0.05) is 13.0 Å². The third-order valence-electron chi connectivity index (χ3n) is 3.59. The minimum Gasteiger partial charge on any atom is -0.395 e. The Kier molecular flexibility index (Phi) is 5.26. The molecule has 1 atom stereocenters. The zero-order valence-corrected chi connectivity index (χ0v) is 12.1. The number of aromatic nitrogens is 3. The second kappa shape index (κ2) is 7.17. The molecule has 2 aromatic rings. The number of nitrogens with zero attached hydrogens (tertiary/aromatic N) is 3. The number of nitrogens with one attached hydrogen (secondary N) is 1. The van der Waals surface area contributed by atoms with Crippen molar-refractivity contribution < 1.29 is 5.11 Å². The fraction of sp³-hybridized carbons (Fsp3) is 0.467. The summed E-state index contributed by atoms with van der Waals surface area (Å²) in [5.74, 6) is 0. The summed E-state index contributed by atoms with van der Waals surface area (Å²) in [5, 5.41) is 9.59. The summed E-state index contributed by atoms with van der Waals surface area (Å²) in [6.07, 6.45) is 6.26. The SMILES string of the molecule is CCC(CO)N(Cc1cccnc1)Cc1nc[nH]c1C. The number of hydrogen-bond acceptors (Lipinski definition) is 4. The molecule has 0 fully saturated rings. The Hall–Kier alpha value is -1.72. The number of H-pyrrole nitrogens is 1. The van der Waals surface area contributed by atoms with Gasteiger partial charge in [-0.05, 0) is 25.0 Å². The normalized spacial score (nSPS) is 12.8. The molecule has 2 aromatic heterocycles. The van der Waals surface area contributed by atoms with Gasteiger partial charge in [-0.2, -0.15) is 0 Å². The molecule has 5 heteroatoms. The summed E-state index contributed by atoms with van der Waals surface area (Å²) in [6, 6.07) is 4.13. The molecule has 2 heterocycles. The van der Waals surface area contributed by atoms with E-state index in [2.05, 4.69) is 32.8 Å². The molecule has 5 nitrogen and oxygen atoms in total. The first-order valence-electron chi connectivity index (χ1n) is 6.97. The number of aliphatic hydroxyl groups excluding tert-OH is 1. The van der Waals surface area contributed by atoms with Gasteiger partial charge < -0.3 is 10.1 Å². The highest BCUT2D eigenvalue weighted by molar-refractivity contribution is 5.11. The summed E-state index contributed by atoms with van der Waals surface area (Å²) < 4.78 is 0. The molecule has 0 bridgehead atoms. The first-order chi connectivity index (χ1) is 9.74. The van der Waals surface area contributed by atoms with E-state index >= 15 is 0 Å². The van der Waals surface area contributed by atoms with Gasteiger partial charge in [-0.15, -0.1) is 0 Å². The van der Waals surface area contributed by atoms with Crippen molar-refractivity contribution in [1.82, 2.24) is 19.9 Å². The van der Waals surface area contributed by atoms with E-state index in [9.17, 15) is 5.11 Å². The number of hydrogen-bond donors (Lipinski definition) is 2. The number of imidazole rings is 1. The third-order valence-corrected chi connectivity index (χ3v) is 3.59. The van der Waals surface area contributed by atoms with E-state index in [1.807, 2.05) is 19.2 Å². The number of aromatic amines is 1. The molecule has 0 aliphatic rings. The summed E-state index contributed by atoms with van der Waals surface area (Å²) in [6.45, 7) is 5.75. The lowest BCUT2D eigenvalue weighted by Gasteiger charge is -2.29. The quantitative estimate of drug-likeness (QED) is 0.809. The van der Waals surface area contributed by atoms with Gasteiger partial charge in [0, 0.05) is 37.2 Å². The fourth-order valence-electron chi connectivity index (χ4n) is 2.28. The number of rotatable bonds is 7. The molecule has 0 saturated heterocycles. The average molecular weight is 274 g/mol. The summed E-state index contributed by atoms with van der Waals surface area (Å²) in [4.78, 5) is 13.9. The van der Waals surface area contributed by atoms with Gasteiger partial charge in [0.25, 0.3) is 0 Å². The lowest BCUT2D eigenvalue weighted by molar-refractivity contribution is 0.105. The van der Waals surface area contributed by atoms with Crippen molar-refractivity contribution in [2.45, 2.75) is 39.4 Å². The highest BCUT2D eigenvalue weighted by atomic mass is 16.3. The molecule has 0 radical (unpaired) electrons. The van der Waals surface area contributed by atoms with Gasteiger partial charge in [0.1, 0.15) is 0 Å². The molecule has 2 rings (SSSR count). The molecular formula is C15H22N4O. The Bertz CT molecular complexity index is 508. The van der Waals surface area contributed by atoms with Crippen molar-refractivity contribution in [2.75, 3.05) is 6.61 Å². The molecule has 108 valence electrons. The zero-order chi connectivity index (χ0) is 14.4. The van der Waals surface area contributed by atoms with Crippen molar-refractivity contribution in [2.24, 2.45) is 0 Å². The van der Waals surface area contributed by atoms with Gasteiger partial charge >= 0.3 is 0 Å². The first kappa shape index (κ1) is 14.7. The van der Waals surface area contributed by atoms with E-state index in [1.165, 1.54) is 0 Å². The highest BCUT2D eigenvalue weighted by Gasteiger charge is 2.18. The molecule has 0 spiro atoms. The zero-order valence-electron chi connectivity index (χ0n) is 12.1. The Morgan fingerprint density at radius 2 is 2.25 bits per heavy atom. The maximum atomic E-state index is 9.59. The first-order valence-corrected chi connectivity index (χ1v) is 6.97. The number of pyridine rings is 1. The van der Waals surface area contributed by atoms with Crippen LogP contribution in [0.3, 0.4) is 0 Å². The molecule has 0 aliphatic heterocycles. The van der Waals surface area contributed by atoms with Crippen LogP contribution in [-0.2, 0) is 13.1 Å². The molecule has 0 aromatic carbocycles. The van der Waals surface area contributed by atoms with Crippen LogP contribution in [0.1, 0.15) is 30.3 Å². The second-order valence-electron chi connectivity index (χ2n) is 4.99. The number of aryl methyl sites for hydroxylation is 1. The van der Waals surface area contributed by atoms with Crippen LogP contribution < -0.4 is 0 Å². The van der Waals surface area contributed by atoms with E-state index in [0.29, 0.717) is 0 Å². The van der Waals surface area contributed by atoms with Gasteiger partial charge in [0.05, 0.1) is 18.6 Å². The molecule has 0 aliphatic carbocycles. The van der Waals surface area contributed by atoms with Crippen molar-refractivity contribution >= 4 is 0 Å². The van der Waals surface area contributed by atoms with Crippen LogP contribution in [0.2, 0.25) is 0 Å². The van der Waals surface area contributed by atoms with Crippen LogP contribution in [0.15, 0.2) is 30.9 Å². The Balaban J connectivity index is 2.14. The minimum atomic E-state index is 0.131. The van der Waals surface area contributed by atoms with Gasteiger partial charge in [-0.25, -0.2) is 4.98 Å². The van der Waals surface area contributed by atoms with Crippen molar-refractivity contribution in [3.05, 3.63) is 47.8 Å². The lowest BCUT2D eigenvalue weighted by atomic mass is 10.1. The Morgan fingerprint density at radius 1 is 1.40 bits per heavy atom. The van der Waals surface area contributed by atoms with Crippen LogP contribution in [0.25, 0.3) is 0 Å². The lowest BCUT2D eigenvalue weighted by Crippen LogP contribution is -2.36. The van der Waals surface area contributed by atoms with Crippen LogP contribution in [0.4, 0.5) is 0 Å². The summed E-state index contributed by atoms with van der Waals surface area (Å²) >= 11 is 0. The molecule has 20 heavy (non-hydrogen) atoms. The Morgan fingerprint density at radius 3 is 2.80 bits per heavy atom. The van der Waals surface area contributed by atoms with Crippen LogP contribution in [0, 0.1) is 6.92 Å².